The molecule has 100 valence electrons. The van der Waals surface area contributed by atoms with Crippen molar-refractivity contribution in [2.45, 2.75) is 13.0 Å². The van der Waals surface area contributed by atoms with Crippen molar-refractivity contribution in [3.63, 3.8) is 0 Å². The number of carboxylic acids is 1. The van der Waals surface area contributed by atoms with Crippen molar-refractivity contribution in [1.82, 2.24) is 4.98 Å². The number of anilines is 1. The van der Waals surface area contributed by atoms with E-state index in [4.69, 9.17) is 14.6 Å². The predicted octanol–water partition coefficient (Wildman–Crippen LogP) is 1.16. The molecule has 0 spiro atoms. The zero-order valence-electron chi connectivity index (χ0n) is 10.8. The Kier molecular flexibility index (Phi) is 5.54. The van der Waals surface area contributed by atoms with Gasteiger partial charge in [-0.1, -0.05) is 0 Å². The standard InChI is InChI=1S/C12H18N2O4/c1-8-4-9(12(15)16)5-11(14-8)13-6-10(18-3)7-17-2/h4-5,10H,6-7H2,1-3H3,(H,13,14)(H,15,16). The van der Waals surface area contributed by atoms with Crippen molar-refractivity contribution in [3.8, 4) is 0 Å². The van der Waals surface area contributed by atoms with Gasteiger partial charge in [0.1, 0.15) is 5.82 Å². The highest BCUT2D eigenvalue weighted by molar-refractivity contribution is 5.88. The molecule has 0 aliphatic heterocycles. The van der Waals surface area contributed by atoms with Crippen molar-refractivity contribution in [3.05, 3.63) is 23.4 Å². The summed E-state index contributed by atoms with van der Waals surface area (Å²) < 4.78 is 10.2. The van der Waals surface area contributed by atoms with Crippen LogP contribution in [0.25, 0.3) is 0 Å². The van der Waals surface area contributed by atoms with Crippen LogP contribution in [0, 0.1) is 6.92 Å². The predicted molar refractivity (Wildman–Crippen MR) is 67.1 cm³/mol. The third-order valence-electron chi connectivity index (χ3n) is 2.40. The van der Waals surface area contributed by atoms with Gasteiger partial charge in [0.2, 0.25) is 0 Å². The molecule has 1 heterocycles. The molecule has 0 saturated carbocycles. The summed E-state index contributed by atoms with van der Waals surface area (Å²) in [5.74, 6) is -0.450. The lowest BCUT2D eigenvalue weighted by Gasteiger charge is -2.15. The highest BCUT2D eigenvalue weighted by Crippen LogP contribution is 2.10. The SMILES string of the molecule is COCC(CNc1cc(C(=O)O)cc(C)n1)OC. The molecular weight excluding hydrogens is 236 g/mol. The van der Waals surface area contributed by atoms with Crippen LogP contribution < -0.4 is 5.32 Å². The minimum atomic E-state index is -0.969. The van der Waals surface area contributed by atoms with Gasteiger partial charge in [-0.25, -0.2) is 9.78 Å². The number of ether oxygens (including phenoxy) is 2. The molecule has 18 heavy (non-hydrogen) atoms. The van der Waals surface area contributed by atoms with Gasteiger partial charge in [0.15, 0.2) is 0 Å². The first kappa shape index (κ1) is 14.4. The van der Waals surface area contributed by atoms with E-state index in [1.807, 2.05) is 0 Å². The number of aromatic nitrogens is 1. The highest BCUT2D eigenvalue weighted by Gasteiger charge is 2.09. The Morgan fingerprint density at radius 2 is 2.22 bits per heavy atom. The Labute approximate surface area is 106 Å². The van der Waals surface area contributed by atoms with E-state index in [0.717, 1.165) is 0 Å². The molecule has 2 N–H and O–H groups in total. The van der Waals surface area contributed by atoms with Crippen LogP contribution in [0.3, 0.4) is 0 Å². The minimum absolute atomic E-state index is 0.106. The van der Waals surface area contributed by atoms with E-state index in [9.17, 15) is 4.79 Å². The fraction of sp³-hybridized carbons (Fsp3) is 0.500. The van der Waals surface area contributed by atoms with E-state index >= 15 is 0 Å². The monoisotopic (exact) mass is 254 g/mol. The molecule has 0 aliphatic carbocycles. The van der Waals surface area contributed by atoms with Crippen molar-refractivity contribution in [1.29, 1.82) is 0 Å². The van der Waals surface area contributed by atoms with Gasteiger partial charge in [-0.05, 0) is 19.1 Å². The van der Waals surface area contributed by atoms with E-state index in [1.54, 1.807) is 21.1 Å². The largest absolute Gasteiger partial charge is 0.478 e. The lowest BCUT2D eigenvalue weighted by molar-refractivity contribution is 0.0365. The number of carboxylic acid groups (broad SMARTS) is 1. The number of hydrogen-bond acceptors (Lipinski definition) is 5. The maximum atomic E-state index is 10.9. The van der Waals surface area contributed by atoms with Crippen LogP contribution in [-0.2, 0) is 9.47 Å². The number of carbonyl (C=O) groups is 1. The maximum Gasteiger partial charge on any atom is 0.335 e. The third-order valence-corrected chi connectivity index (χ3v) is 2.40. The number of rotatable bonds is 7. The second-order valence-corrected chi connectivity index (χ2v) is 3.88. The molecule has 1 unspecified atom stereocenters. The number of methoxy groups -OCH3 is 2. The Bertz CT molecular complexity index is 409. The smallest absolute Gasteiger partial charge is 0.335 e. The first-order valence-corrected chi connectivity index (χ1v) is 5.54. The summed E-state index contributed by atoms with van der Waals surface area (Å²) in [6.07, 6.45) is -0.106. The molecule has 1 aromatic rings. The second kappa shape index (κ2) is 6.93. The molecule has 1 aromatic heterocycles. The highest BCUT2D eigenvalue weighted by atomic mass is 16.5. The maximum absolute atomic E-state index is 10.9. The first-order chi connectivity index (χ1) is 8.56. The molecule has 0 fully saturated rings. The molecule has 6 heteroatoms. The number of pyridine rings is 1. The van der Waals surface area contributed by atoms with Crippen LogP contribution >= 0.6 is 0 Å². The molecule has 0 bridgehead atoms. The van der Waals surface area contributed by atoms with Gasteiger partial charge >= 0.3 is 5.97 Å². The van der Waals surface area contributed by atoms with Gasteiger partial charge in [-0.15, -0.1) is 0 Å². The zero-order chi connectivity index (χ0) is 13.5. The second-order valence-electron chi connectivity index (χ2n) is 3.88. The van der Waals surface area contributed by atoms with Gasteiger partial charge in [0.05, 0.1) is 18.3 Å². The van der Waals surface area contributed by atoms with E-state index in [-0.39, 0.29) is 11.7 Å². The number of aromatic carboxylic acids is 1. The quantitative estimate of drug-likeness (QED) is 0.760. The fourth-order valence-corrected chi connectivity index (χ4v) is 1.50. The third kappa shape index (κ3) is 4.31. The summed E-state index contributed by atoms with van der Waals surface area (Å²) in [7, 11) is 3.19. The number of nitrogens with one attached hydrogen (secondary N) is 1. The Morgan fingerprint density at radius 3 is 2.78 bits per heavy atom. The normalized spacial score (nSPS) is 12.2. The Hall–Kier alpha value is -1.66. The van der Waals surface area contributed by atoms with Crippen molar-refractivity contribution in [2.75, 3.05) is 32.7 Å². The Balaban J connectivity index is 2.69. The van der Waals surface area contributed by atoms with Crippen LogP contribution in [0.2, 0.25) is 0 Å². The number of nitrogens with zero attached hydrogens (tertiary/aromatic N) is 1. The van der Waals surface area contributed by atoms with Gasteiger partial charge < -0.3 is 19.9 Å². The lowest BCUT2D eigenvalue weighted by Crippen LogP contribution is -2.27. The molecule has 0 amide bonds. The van der Waals surface area contributed by atoms with E-state index in [1.165, 1.54) is 12.1 Å². The minimum Gasteiger partial charge on any atom is -0.478 e. The van der Waals surface area contributed by atoms with E-state index in [2.05, 4.69) is 10.3 Å². The van der Waals surface area contributed by atoms with Gasteiger partial charge in [0.25, 0.3) is 0 Å². The van der Waals surface area contributed by atoms with E-state index in [0.29, 0.717) is 24.7 Å². The van der Waals surface area contributed by atoms with Crippen LogP contribution in [0.5, 0.6) is 0 Å². The fourth-order valence-electron chi connectivity index (χ4n) is 1.50. The summed E-state index contributed by atoms with van der Waals surface area (Å²) in [6.45, 7) is 2.71. The van der Waals surface area contributed by atoms with Gasteiger partial charge in [-0.3, -0.25) is 0 Å². The van der Waals surface area contributed by atoms with Crippen LogP contribution in [0.4, 0.5) is 5.82 Å². The molecule has 0 saturated heterocycles. The lowest BCUT2D eigenvalue weighted by atomic mass is 10.2. The molecule has 1 rings (SSSR count). The van der Waals surface area contributed by atoms with Crippen molar-refractivity contribution >= 4 is 11.8 Å². The van der Waals surface area contributed by atoms with E-state index < -0.39 is 5.97 Å². The Morgan fingerprint density at radius 1 is 1.50 bits per heavy atom. The first-order valence-electron chi connectivity index (χ1n) is 5.54. The van der Waals surface area contributed by atoms with Crippen LogP contribution in [-0.4, -0.2) is 49.5 Å². The molecule has 0 aliphatic rings. The van der Waals surface area contributed by atoms with Crippen molar-refractivity contribution in [2.24, 2.45) is 0 Å². The summed E-state index contributed by atoms with van der Waals surface area (Å²) in [5, 5.41) is 12.0. The molecular formula is C12H18N2O4. The van der Waals surface area contributed by atoms with Gasteiger partial charge in [-0.2, -0.15) is 0 Å². The summed E-state index contributed by atoms with van der Waals surface area (Å²) in [6, 6.07) is 3.02. The summed E-state index contributed by atoms with van der Waals surface area (Å²) in [5.41, 5.74) is 0.865. The topological polar surface area (TPSA) is 80.7 Å². The molecule has 1 atom stereocenters. The zero-order valence-corrected chi connectivity index (χ0v) is 10.8. The van der Waals surface area contributed by atoms with Crippen molar-refractivity contribution < 1.29 is 19.4 Å². The molecule has 0 radical (unpaired) electrons. The molecule has 6 nitrogen and oxygen atoms in total. The number of hydrogen-bond donors (Lipinski definition) is 2. The van der Waals surface area contributed by atoms with Crippen LogP contribution in [0.1, 0.15) is 16.1 Å². The average Bonchev–Trinajstić information content (AvgIpc) is 2.33. The number of aryl methyl sites for hydroxylation is 1. The van der Waals surface area contributed by atoms with Crippen LogP contribution in [0.15, 0.2) is 12.1 Å². The van der Waals surface area contributed by atoms with Gasteiger partial charge in [0, 0.05) is 26.5 Å². The average molecular weight is 254 g/mol. The summed E-state index contributed by atoms with van der Waals surface area (Å²) >= 11 is 0. The summed E-state index contributed by atoms with van der Waals surface area (Å²) in [4.78, 5) is 15.1. The molecule has 0 aromatic carbocycles.